The largest absolute Gasteiger partial charge is 0.219 e. The van der Waals surface area contributed by atoms with Crippen LogP contribution in [0.4, 0.5) is 0 Å². The van der Waals surface area contributed by atoms with Gasteiger partial charge in [-0.1, -0.05) is 0 Å². The molecule has 1 aliphatic heterocycles. The second-order valence-corrected chi connectivity index (χ2v) is 6.74. The second-order valence-electron chi connectivity index (χ2n) is 4.22. The highest BCUT2D eigenvalue weighted by Crippen LogP contribution is 2.33. The summed E-state index contributed by atoms with van der Waals surface area (Å²) in [4.78, 5) is 0. The molecule has 0 unspecified atom stereocenters. The number of sulfonamides is 1. The van der Waals surface area contributed by atoms with Gasteiger partial charge in [-0.25, -0.2) is 8.42 Å². The van der Waals surface area contributed by atoms with Gasteiger partial charge in [-0.2, -0.15) is 4.31 Å². The lowest BCUT2D eigenvalue weighted by molar-refractivity contribution is 0.381. The average molecular weight is 191 g/mol. The van der Waals surface area contributed by atoms with Crippen LogP contribution < -0.4 is 0 Å². The fraction of sp³-hybridized carbons (Fsp3) is 1.00. The molecule has 1 saturated heterocycles. The van der Waals surface area contributed by atoms with Crippen LogP contribution in [0.2, 0.25) is 0 Å². The molecule has 0 atom stereocenters. The van der Waals surface area contributed by atoms with E-state index in [0.717, 1.165) is 6.42 Å². The lowest BCUT2D eigenvalue weighted by Gasteiger charge is -2.23. The van der Waals surface area contributed by atoms with E-state index in [4.69, 9.17) is 0 Å². The van der Waals surface area contributed by atoms with Crippen LogP contribution in [0.1, 0.15) is 34.1 Å². The van der Waals surface area contributed by atoms with Gasteiger partial charge in [-0.3, -0.25) is 0 Å². The molecule has 0 N–H and O–H groups in total. The lowest BCUT2D eigenvalue weighted by Crippen LogP contribution is -2.38. The standard InChI is InChI=1S/C8H17NO2S/c1-7(2)9-6-5-8(3,4)12(9,10)11/h7H,5-6H2,1-4H3. The van der Waals surface area contributed by atoms with Gasteiger partial charge in [0.2, 0.25) is 10.0 Å². The van der Waals surface area contributed by atoms with E-state index in [1.165, 1.54) is 0 Å². The Bertz CT molecular complexity index is 267. The molecule has 0 radical (unpaired) electrons. The Morgan fingerprint density at radius 2 is 1.83 bits per heavy atom. The minimum absolute atomic E-state index is 0.0942. The Morgan fingerprint density at radius 3 is 2.00 bits per heavy atom. The molecule has 72 valence electrons. The summed E-state index contributed by atoms with van der Waals surface area (Å²) in [6, 6.07) is 0.0942. The first-order chi connectivity index (χ1) is 5.29. The molecule has 3 nitrogen and oxygen atoms in total. The summed E-state index contributed by atoms with van der Waals surface area (Å²) in [5.74, 6) is 0. The summed E-state index contributed by atoms with van der Waals surface area (Å²) in [5, 5.41) is 0. The normalized spacial score (nSPS) is 28.1. The summed E-state index contributed by atoms with van der Waals surface area (Å²) in [7, 11) is -3.03. The molecule has 0 aromatic carbocycles. The van der Waals surface area contributed by atoms with Gasteiger partial charge in [0.1, 0.15) is 0 Å². The predicted molar refractivity (Wildman–Crippen MR) is 49.5 cm³/mol. The maximum atomic E-state index is 11.8. The van der Waals surface area contributed by atoms with Crippen LogP contribution in [0.25, 0.3) is 0 Å². The maximum absolute atomic E-state index is 11.8. The van der Waals surface area contributed by atoms with E-state index >= 15 is 0 Å². The first-order valence-corrected chi connectivity index (χ1v) is 5.74. The SMILES string of the molecule is CC(C)N1CCC(C)(C)S1(=O)=O. The van der Waals surface area contributed by atoms with E-state index in [-0.39, 0.29) is 6.04 Å². The van der Waals surface area contributed by atoms with E-state index in [0.29, 0.717) is 6.54 Å². The molecule has 1 aliphatic rings. The molecule has 0 bridgehead atoms. The fourth-order valence-electron chi connectivity index (χ4n) is 1.48. The second kappa shape index (κ2) is 2.70. The fourth-order valence-corrected chi connectivity index (χ4v) is 3.35. The van der Waals surface area contributed by atoms with Crippen molar-refractivity contribution in [3.05, 3.63) is 0 Å². The average Bonchev–Trinajstić information content (AvgIpc) is 2.03. The summed E-state index contributed by atoms with van der Waals surface area (Å²) in [6.07, 6.45) is 0.744. The van der Waals surface area contributed by atoms with Gasteiger partial charge in [0.25, 0.3) is 0 Å². The number of nitrogens with zero attached hydrogens (tertiary/aromatic N) is 1. The topological polar surface area (TPSA) is 37.4 Å². The van der Waals surface area contributed by atoms with Crippen LogP contribution in [-0.2, 0) is 10.0 Å². The van der Waals surface area contributed by atoms with Crippen molar-refractivity contribution < 1.29 is 8.42 Å². The third-order valence-corrected chi connectivity index (χ3v) is 5.34. The molecule has 0 aromatic heterocycles. The van der Waals surface area contributed by atoms with E-state index in [1.54, 1.807) is 18.2 Å². The molecule has 0 aliphatic carbocycles. The predicted octanol–water partition coefficient (Wildman–Crippen LogP) is 1.21. The third-order valence-electron chi connectivity index (χ3n) is 2.52. The highest BCUT2D eigenvalue weighted by molar-refractivity contribution is 7.90. The van der Waals surface area contributed by atoms with Crippen molar-refractivity contribution in [2.75, 3.05) is 6.54 Å². The van der Waals surface area contributed by atoms with Crippen molar-refractivity contribution in [2.45, 2.75) is 44.9 Å². The number of hydrogen-bond acceptors (Lipinski definition) is 2. The monoisotopic (exact) mass is 191 g/mol. The number of hydrogen-bond donors (Lipinski definition) is 0. The van der Waals surface area contributed by atoms with Gasteiger partial charge in [0.05, 0.1) is 4.75 Å². The third kappa shape index (κ3) is 1.27. The zero-order valence-electron chi connectivity index (χ0n) is 8.16. The van der Waals surface area contributed by atoms with Gasteiger partial charge >= 0.3 is 0 Å². The maximum Gasteiger partial charge on any atom is 0.219 e. The van der Waals surface area contributed by atoms with Crippen LogP contribution in [0.15, 0.2) is 0 Å². The van der Waals surface area contributed by atoms with Crippen molar-refractivity contribution >= 4 is 10.0 Å². The highest BCUT2D eigenvalue weighted by atomic mass is 32.2. The molecule has 1 heterocycles. The molecule has 12 heavy (non-hydrogen) atoms. The Labute approximate surface area is 74.8 Å². The van der Waals surface area contributed by atoms with Gasteiger partial charge in [-0.05, 0) is 34.1 Å². The zero-order valence-corrected chi connectivity index (χ0v) is 8.98. The molecule has 0 amide bonds. The van der Waals surface area contributed by atoms with Crippen molar-refractivity contribution in [2.24, 2.45) is 0 Å². The molecule has 0 aromatic rings. The van der Waals surface area contributed by atoms with Crippen molar-refractivity contribution in [3.63, 3.8) is 0 Å². The first kappa shape index (κ1) is 9.99. The molecule has 1 fully saturated rings. The quantitative estimate of drug-likeness (QED) is 0.624. The minimum Gasteiger partial charge on any atom is -0.212 e. The van der Waals surface area contributed by atoms with Gasteiger partial charge < -0.3 is 0 Å². The zero-order chi connectivity index (χ0) is 9.57. The van der Waals surface area contributed by atoms with E-state index in [9.17, 15) is 8.42 Å². The Balaban J connectivity index is 3.03. The van der Waals surface area contributed by atoms with Crippen LogP contribution in [0.3, 0.4) is 0 Å². The number of rotatable bonds is 1. The smallest absolute Gasteiger partial charge is 0.212 e. The van der Waals surface area contributed by atoms with E-state index in [1.807, 2.05) is 13.8 Å². The summed E-state index contributed by atoms with van der Waals surface area (Å²) in [5.41, 5.74) is 0. The van der Waals surface area contributed by atoms with Crippen molar-refractivity contribution in [3.8, 4) is 0 Å². The minimum atomic E-state index is -3.03. The van der Waals surface area contributed by atoms with Gasteiger partial charge in [-0.15, -0.1) is 0 Å². The summed E-state index contributed by atoms with van der Waals surface area (Å²) >= 11 is 0. The van der Waals surface area contributed by atoms with Crippen molar-refractivity contribution in [1.29, 1.82) is 0 Å². The van der Waals surface area contributed by atoms with E-state index < -0.39 is 14.8 Å². The molecule has 1 rings (SSSR count). The van der Waals surface area contributed by atoms with Gasteiger partial charge in [0.15, 0.2) is 0 Å². The van der Waals surface area contributed by atoms with Crippen LogP contribution in [0, 0.1) is 0 Å². The Morgan fingerprint density at radius 1 is 1.33 bits per heavy atom. The summed E-state index contributed by atoms with van der Waals surface area (Å²) in [6.45, 7) is 8.10. The molecular formula is C8H17NO2S. The summed E-state index contributed by atoms with van der Waals surface area (Å²) < 4.78 is 24.6. The lowest BCUT2D eigenvalue weighted by atomic mass is 10.1. The Hall–Kier alpha value is -0.0900. The Kier molecular flexibility index (Phi) is 2.25. The molecule has 0 saturated carbocycles. The van der Waals surface area contributed by atoms with Crippen LogP contribution in [0.5, 0.6) is 0 Å². The van der Waals surface area contributed by atoms with Gasteiger partial charge in [0, 0.05) is 12.6 Å². The van der Waals surface area contributed by atoms with Crippen LogP contribution in [-0.4, -0.2) is 30.1 Å². The highest BCUT2D eigenvalue weighted by Gasteiger charge is 2.46. The molecule has 4 heteroatoms. The van der Waals surface area contributed by atoms with Crippen LogP contribution >= 0.6 is 0 Å². The van der Waals surface area contributed by atoms with E-state index in [2.05, 4.69) is 0 Å². The molecule has 0 spiro atoms. The molecular weight excluding hydrogens is 174 g/mol. The van der Waals surface area contributed by atoms with Crippen molar-refractivity contribution in [1.82, 2.24) is 4.31 Å². The first-order valence-electron chi connectivity index (χ1n) is 4.30.